The predicted octanol–water partition coefficient (Wildman–Crippen LogP) is 3.57. The summed E-state index contributed by atoms with van der Waals surface area (Å²) < 4.78 is 0. The van der Waals surface area contributed by atoms with Crippen molar-refractivity contribution in [1.29, 1.82) is 0 Å². The van der Waals surface area contributed by atoms with Crippen LogP contribution in [0, 0.1) is 12.8 Å². The van der Waals surface area contributed by atoms with Gasteiger partial charge in [0.1, 0.15) is 0 Å². The van der Waals surface area contributed by atoms with Crippen LogP contribution < -0.4 is 0 Å². The third kappa shape index (κ3) is 3.96. The maximum absolute atomic E-state index is 12.5. The number of rotatable bonds is 5. The smallest absolute Gasteiger partial charge is 0.222 e. The summed E-state index contributed by atoms with van der Waals surface area (Å²) in [7, 11) is 0. The number of thiazole rings is 1. The van der Waals surface area contributed by atoms with Gasteiger partial charge in [0.25, 0.3) is 0 Å². The van der Waals surface area contributed by atoms with E-state index in [1.165, 1.54) is 10.6 Å². The Morgan fingerprint density at radius 3 is 3.00 bits per heavy atom. The summed E-state index contributed by atoms with van der Waals surface area (Å²) in [5.41, 5.74) is 1.20. The van der Waals surface area contributed by atoms with Gasteiger partial charge in [-0.1, -0.05) is 6.07 Å². The van der Waals surface area contributed by atoms with Crippen LogP contribution in [0.4, 0.5) is 0 Å². The average molecular weight is 376 g/mol. The summed E-state index contributed by atoms with van der Waals surface area (Å²) in [6.07, 6.45) is 3.86. The minimum absolute atomic E-state index is 0.362. The Bertz CT molecular complexity index is 712. The number of nitrogens with zero attached hydrogens (tertiary/aromatic N) is 3. The Morgan fingerprint density at radius 1 is 1.32 bits per heavy atom. The minimum atomic E-state index is 0.362. The number of aryl methyl sites for hydroxylation is 1. The number of hydrogen-bond acceptors (Lipinski definition) is 5. The average Bonchev–Trinajstić information content (AvgIpc) is 3.26. The number of carbonyl (C=O) groups is 1. The van der Waals surface area contributed by atoms with Crippen LogP contribution in [0.15, 0.2) is 22.9 Å². The molecule has 4 heterocycles. The maximum atomic E-state index is 12.5. The van der Waals surface area contributed by atoms with Crippen LogP contribution in [0.25, 0.3) is 0 Å². The Kier molecular flexibility index (Phi) is 5.20. The van der Waals surface area contributed by atoms with Crippen LogP contribution >= 0.6 is 22.7 Å². The summed E-state index contributed by atoms with van der Waals surface area (Å²) in [6.45, 7) is 6.08. The fourth-order valence-corrected chi connectivity index (χ4v) is 5.56. The zero-order valence-corrected chi connectivity index (χ0v) is 16.3. The first-order valence-corrected chi connectivity index (χ1v) is 10.9. The van der Waals surface area contributed by atoms with Gasteiger partial charge >= 0.3 is 0 Å². The van der Waals surface area contributed by atoms with Crippen molar-refractivity contribution >= 4 is 28.6 Å². The summed E-state index contributed by atoms with van der Waals surface area (Å²) in [5.74, 6) is 0.982. The molecule has 2 aliphatic rings. The van der Waals surface area contributed by atoms with Crippen molar-refractivity contribution in [2.45, 2.75) is 45.2 Å². The van der Waals surface area contributed by atoms with E-state index in [4.69, 9.17) is 0 Å². The van der Waals surface area contributed by atoms with Crippen molar-refractivity contribution < 1.29 is 4.79 Å². The third-order valence-electron chi connectivity index (χ3n) is 5.46. The molecular weight excluding hydrogens is 350 g/mol. The number of hydrogen-bond donors (Lipinski definition) is 0. The van der Waals surface area contributed by atoms with Crippen molar-refractivity contribution in [1.82, 2.24) is 14.8 Å². The molecule has 2 atom stereocenters. The highest BCUT2D eigenvalue weighted by Crippen LogP contribution is 2.32. The van der Waals surface area contributed by atoms with E-state index < -0.39 is 0 Å². The van der Waals surface area contributed by atoms with Gasteiger partial charge < -0.3 is 4.90 Å². The standard InChI is InChI=1S/C19H25N3OS2/c1-14-20-16(13-25-14)12-21-8-7-18-15(11-21)4-5-19(23)22(18)9-6-17-3-2-10-24-17/h2-3,10,13,15,18H,4-9,11-12H2,1H3/t15-,18+/m0/s1. The first-order chi connectivity index (χ1) is 12.2. The third-order valence-corrected chi connectivity index (χ3v) is 7.22. The molecule has 1 amide bonds. The van der Waals surface area contributed by atoms with E-state index in [2.05, 4.69) is 44.6 Å². The molecule has 2 fully saturated rings. The molecule has 2 aliphatic heterocycles. The van der Waals surface area contributed by atoms with Gasteiger partial charge in [-0.15, -0.1) is 22.7 Å². The van der Waals surface area contributed by atoms with Crippen LogP contribution in [-0.4, -0.2) is 46.4 Å². The molecule has 0 bridgehead atoms. The van der Waals surface area contributed by atoms with Crippen LogP contribution in [0.1, 0.15) is 34.8 Å². The van der Waals surface area contributed by atoms with E-state index in [0.29, 0.717) is 17.9 Å². The Hall–Kier alpha value is -1.24. The molecular formula is C19H25N3OS2. The fourth-order valence-electron chi connectivity index (χ4n) is 4.26. The topological polar surface area (TPSA) is 36.4 Å². The van der Waals surface area contributed by atoms with Gasteiger partial charge in [0.05, 0.1) is 10.7 Å². The maximum Gasteiger partial charge on any atom is 0.222 e. The second kappa shape index (κ2) is 7.56. The predicted molar refractivity (Wildman–Crippen MR) is 103 cm³/mol. The first kappa shape index (κ1) is 17.2. The summed E-state index contributed by atoms with van der Waals surface area (Å²) in [6, 6.07) is 4.71. The molecule has 2 aromatic heterocycles. The zero-order chi connectivity index (χ0) is 17.2. The van der Waals surface area contributed by atoms with Crippen molar-refractivity contribution in [3.05, 3.63) is 38.5 Å². The first-order valence-electron chi connectivity index (χ1n) is 9.14. The van der Waals surface area contributed by atoms with Crippen LogP contribution in [0.3, 0.4) is 0 Å². The summed E-state index contributed by atoms with van der Waals surface area (Å²) in [5, 5.41) is 5.45. The van der Waals surface area contributed by atoms with Crippen LogP contribution in [0.5, 0.6) is 0 Å². The summed E-state index contributed by atoms with van der Waals surface area (Å²) in [4.78, 5) is 23.2. The molecule has 0 aliphatic carbocycles. The second-order valence-electron chi connectivity index (χ2n) is 7.16. The number of aromatic nitrogens is 1. The molecule has 4 nitrogen and oxygen atoms in total. The number of amides is 1. The van der Waals surface area contributed by atoms with Crippen molar-refractivity contribution in [3.8, 4) is 0 Å². The van der Waals surface area contributed by atoms with E-state index in [1.807, 2.05) is 0 Å². The number of piperidine rings is 2. The highest BCUT2D eigenvalue weighted by Gasteiger charge is 2.39. The lowest BCUT2D eigenvalue weighted by molar-refractivity contribution is -0.141. The van der Waals surface area contributed by atoms with E-state index in [1.54, 1.807) is 22.7 Å². The van der Waals surface area contributed by atoms with Crippen LogP contribution in [-0.2, 0) is 17.8 Å². The molecule has 0 unspecified atom stereocenters. The lowest BCUT2D eigenvalue weighted by atomic mass is 9.83. The molecule has 2 aromatic rings. The molecule has 0 radical (unpaired) electrons. The number of likely N-dealkylation sites (tertiary alicyclic amines) is 2. The molecule has 0 N–H and O–H groups in total. The molecule has 2 saturated heterocycles. The number of fused-ring (bicyclic) bond motifs is 1. The van der Waals surface area contributed by atoms with Crippen molar-refractivity contribution in [2.75, 3.05) is 19.6 Å². The zero-order valence-electron chi connectivity index (χ0n) is 14.7. The highest BCUT2D eigenvalue weighted by molar-refractivity contribution is 7.10. The number of thiophene rings is 1. The second-order valence-corrected chi connectivity index (χ2v) is 9.26. The lowest BCUT2D eigenvalue weighted by Crippen LogP contribution is -2.56. The molecule has 25 heavy (non-hydrogen) atoms. The Morgan fingerprint density at radius 2 is 2.24 bits per heavy atom. The summed E-state index contributed by atoms with van der Waals surface area (Å²) >= 11 is 3.53. The van der Waals surface area contributed by atoms with Gasteiger partial charge in [0.15, 0.2) is 0 Å². The van der Waals surface area contributed by atoms with E-state index in [-0.39, 0.29) is 0 Å². The molecule has 6 heteroatoms. The molecule has 0 aromatic carbocycles. The van der Waals surface area contributed by atoms with E-state index >= 15 is 0 Å². The monoisotopic (exact) mass is 375 g/mol. The quantitative estimate of drug-likeness (QED) is 0.802. The van der Waals surface area contributed by atoms with Gasteiger partial charge in [-0.3, -0.25) is 9.69 Å². The SMILES string of the molecule is Cc1nc(CN2CC[C@@H]3[C@@H](CCC(=O)N3CCc3cccs3)C2)cs1. The van der Waals surface area contributed by atoms with Gasteiger partial charge in [0.2, 0.25) is 5.91 Å². The highest BCUT2D eigenvalue weighted by atomic mass is 32.1. The number of carbonyl (C=O) groups excluding carboxylic acids is 1. The Balaban J connectivity index is 1.37. The molecule has 134 valence electrons. The van der Waals surface area contributed by atoms with Crippen molar-refractivity contribution in [3.63, 3.8) is 0 Å². The van der Waals surface area contributed by atoms with Gasteiger partial charge in [-0.2, -0.15) is 0 Å². The van der Waals surface area contributed by atoms with E-state index in [9.17, 15) is 4.79 Å². The molecule has 0 saturated carbocycles. The fraction of sp³-hybridized carbons (Fsp3) is 0.579. The Labute approximate surface area is 157 Å². The minimum Gasteiger partial charge on any atom is -0.339 e. The van der Waals surface area contributed by atoms with E-state index in [0.717, 1.165) is 56.9 Å². The van der Waals surface area contributed by atoms with Gasteiger partial charge in [-0.25, -0.2) is 4.98 Å². The largest absolute Gasteiger partial charge is 0.339 e. The van der Waals surface area contributed by atoms with Gasteiger partial charge in [0, 0.05) is 48.9 Å². The molecule has 4 rings (SSSR count). The lowest BCUT2D eigenvalue weighted by Gasteiger charge is -2.47. The van der Waals surface area contributed by atoms with Crippen molar-refractivity contribution in [2.24, 2.45) is 5.92 Å². The normalized spacial score (nSPS) is 24.5. The van der Waals surface area contributed by atoms with Crippen LogP contribution in [0.2, 0.25) is 0 Å². The van der Waals surface area contributed by atoms with Gasteiger partial charge in [-0.05, 0) is 43.6 Å². The molecule has 0 spiro atoms.